The second-order valence-electron chi connectivity index (χ2n) is 6.19. The van der Waals surface area contributed by atoms with Crippen LogP contribution < -0.4 is 10.2 Å². The van der Waals surface area contributed by atoms with Crippen molar-refractivity contribution in [2.75, 3.05) is 4.90 Å². The van der Waals surface area contributed by atoms with E-state index in [9.17, 15) is 9.59 Å². The fourth-order valence-electron chi connectivity index (χ4n) is 3.27. The minimum absolute atomic E-state index is 0.276. The molecule has 3 amide bonds. The van der Waals surface area contributed by atoms with Crippen LogP contribution >= 0.6 is 23.2 Å². The first kappa shape index (κ1) is 17.8. The average Bonchev–Trinajstić information content (AvgIpc) is 2.78. The average molecular weight is 377 g/mol. The summed E-state index contributed by atoms with van der Waals surface area (Å²) in [7, 11) is 0. The van der Waals surface area contributed by atoms with Crippen LogP contribution in [0.4, 0.5) is 10.5 Å². The summed E-state index contributed by atoms with van der Waals surface area (Å²) in [5.74, 6) is -0.276. The fraction of sp³-hybridized carbons (Fsp3) is 0.263. The molecule has 0 aromatic heterocycles. The molecule has 6 heteroatoms. The maximum atomic E-state index is 13.2. The molecule has 1 saturated heterocycles. The van der Waals surface area contributed by atoms with Crippen LogP contribution in [-0.4, -0.2) is 17.5 Å². The number of carbonyl (C=O) groups excluding carboxylic acids is 2. The molecule has 1 unspecified atom stereocenters. The Hall–Kier alpha value is -2.04. The molecule has 2 aromatic rings. The molecule has 0 bridgehead atoms. The van der Waals surface area contributed by atoms with Gasteiger partial charge in [-0.15, -0.1) is 0 Å². The Morgan fingerprint density at radius 3 is 2.28 bits per heavy atom. The van der Waals surface area contributed by atoms with E-state index in [1.165, 1.54) is 0 Å². The molecule has 0 saturated carbocycles. The van der Waals surface area contributed by atoms with Gasteiger partial charge in [-0.3, -0.25) is 4.79 Å². The Bertz CT molecular complexity index is 790. The van der Waals surface area contributed by atoms with E-state index < -0.39 is 11.6 Å². The van der Waals surface area contributed by atoms with E-state index in [0.29, 0.717) is 28.6 Å². The normalized spacial score (nSPS) is 20.0. The number of halogens is 2. The zero-order chi connectivity index (χ0) is 18.0. The lowest BCUT2D eigenvalue weighted by Gasteiger charge is -2.26. The van der Waals surface area contributed by atoms with Crippen LogP contribution in [0.2, 0.25) is 10.0 Å². The third kappa shape index (κ3) is 3.51. The molecule has 3 rings (SSSR count). The summed E-state index contributed by atoms with van der Waals surface area (Å²) in [5, 5.41) is 3.65. The van der Waals surface area contributed by atoms with E-state index >= 15 is 0 Å². The third-order valence-electron chi connectivity index (χ3n) is 4.29. The van der Waals surface area contributed by atoms with E-state index in [1.807, 2.05) is 37.3 Å². The molecular formula is C19H18Cl2N2O2. The predicted octanol–water partition coefficient (Wildman–Crippen LogP) is 4.83. The Kier molecular flexibility index (Phi) is 5.02. The molecule has 2 aromatic carbocycles. The van der Waals surface area contributed by atoms with Gasteiger partial charge in [0.15, 0.2) is 0 Å². The topological polar surface area (TPSA) is 49.4 Å². The number of nitrogens with zero attached hydrogens (tertiary/aromatic N) is 1. The molecule has 4 nitrogen and oxygen atoms in total. The highest BCUT2D eigenvalue weighted by atomic mass is 35.5. The molecule has 25 heavy (non-hydrogen) atoms. The highest BCUT2D eigenvalue weighted by Gasteiger charge is 2.51. The van der Waals surface area contributed by atoms with E-state index in [0.717, 1.165) is 16.9 Å². The number of carbonyl (C=O) groups is 2. The van der Waals surface area contributed by atoms with Gasteiger partial charge in [-0.2, -0.15) is 0 Å². The van der Waals surface area contributed by atoms with Gasteiger partial charge >= 0.3 is 6.03 Å². The van der Waals surface area contributed by atoms with Crippen LogP contribution in [0.5, 0.6) is 0 Å². The standard InChI is InChI=1S/C19H18Cl2N2O2/c1-2-8-19(12-13-6-4-3-5-7-13)17(24)23(18(25)22-19)16-10-14(20)9-15(21)11-16/h3-7,9-11H,2,8,12H2,1H3,(H,22,25). The molecular weight excluding hydrogens is 359 g/mol. The van der Waals surface area contributed by atoms with Crippen molar-refractivity contribution < 1.29 is 9.59 Å². The summed E-state index contributed by atoms with van der Waals surface area (Å²) in [4.78, 5) is 26.9. The number of hydrogen-bond acceptors (Lipinski definition) is 2. The highest BCUT2D eigenvalue weighted by Crippen LogP contribution is 2.33. The first-order valence-corrected chi connectivity index (χ1v) is 8.87. The summed E-state index contributed by atoms with van der Waals surface area (Å²) in [6, 6.07) is 13.9. The van der Waals surface area contributed by atoms with Crippen LogP contribution in [0.15, 0.2) is 48.5 Å². The van der Waals surface area contributed by atoms with E-state index in [2.05, 4.69) is 5.32 Å². The highest BCUT2D eigenvalue weighted by molar-refractivity contribution is 6.35. The maximum Gasteiger partial charge on any atom is 0.329 e. The van der Waals surface area contributed by atoms with Crippen LogP contribution in [0, 0.1) is 0 Å². The Morgan fingerprint density at radius 1 is 1.04 bits per heavy atom. The van der Waals surface area contributed by atoms with E-state index in [-0.39, 0.29) is 5.91 Å². The minimum atomic E-state index is -0.956. The number of nitrogens with one attached hydrogen (secondary N) is 1. The quantitative estimate of drug-likeness (QED) is 0.759. The van der Waals surface area contributed by atoms with E-state index in [4.69, 9.17) is 23.2 Å². The van der Waals surface area contributed by atoms with Crippen molar-refractivity contribution in [3.8, 4) is 0 Å². The fourth-order valence-corrected chi connectivity index (χ4v) is 3.79. The number of anilines is 1. The Morgan fingerprint density at radius 2 is 1.68 bits per heavy atom. The van der Waals surface area contributed by atoms with Crippen molar-refractivity contribution in [1.29, 1.82) is 0 Å². The minimum Gasteiger partial charge on any atom is -0.322 e. The summed E-state index contributed by atoms with van der Waals surface area (Å²) >= 11 is 12.1. The summed E-state index contributed by atoms with van der Waals surface area (Å²) in [6.07, 6.45) is 1.76. The number of amides is 3. The number of rotatable bonds is 5. The summed E-state index contributed by atoms with van der Waals surface area (Å²) in [5.41, 5.74) is 0.420. The first-order chi connectivity index (χ1) is 11.9. The van der Waals surface area contributed by atoms with Crippen molar-refractivity contribution >= 4 is 40.8 Å². The lowest BCUT2D eigenvalue weighted by Crippen LogP contribution is -2.49. The zero-order valence-corrected chi connectivity index (χ0v) is 15.3. The molecule has 0 spiro atoms. The molecule has 130 valence electrons. The number of urea groups is 1. The van der Waals surface area contributed by atoms with Gasteiger partial charge < -0.3 is 5.32 Å². The van der Waals surface area contributed by atoms with Crippen molar-refractivity contribution in [1.82, 2.24) is 5.32 Å². The van der Waals surface area contributed by atoms with Gasteiger partial charge in [0.05, 0.1) is 5.69 Å². The monoisotopic (exact) mass is 376 g/mol. The van der Waals surface area contributed by atoms with Gasteiger partial charge in [-0.1, -0.05) is 66.9 Å². The zero-order valence-electron chi connectivity index (χ0n) is 13.8. The smallest absolute Gasteiger partial charge is 0.322 e. The maximum absolute atomic E-state index is 13.2. The van der Waals surface area contributed by atoms with Gasteiger partial charge in [-0.25, -0.2) is 9.69 Å². The molecule has 1 fully saturated rings. The van der Waals surface area contributed by atoms with Crippen molar-refractivity contribution in [2.24, 2.45) is 0 Å². The molecule has 0 aliphatic carbocycles. The van der Waals surface area contributed by atoms with Gasteiger partial charge in [0.2, 0.25) is 0 Å². The third-order valence-corrected chi connectivity index (χ3v) is 4.73. The SMILES string of the molecule is CCCC1(Cc2ccccc2)NC(=O)N(c2cc(Cl)cc(Cl)c2)C1=O. The van der Waals surface area contributed by atoms with Gasteiger partial charge in [0, 0.05) is 16.5 Å². The number of benzene rings is 2. The van der Waals surface area contributed by atoms with Crippen molar-refractivity contribution in [2.45, 2.75) is 31.7 Å². The van der Waals surface area contributed by atoms with Crippen LogP contribution in [0.25, 0.3) is 0 Å². The molecule has 1 heterocycles. The van der Waals surface area contributed by atoms with Crippen LogP contribution in [-0.2, 0) is 11.2 Å². The predicted molar refractivity (Wildman–Crippen MR) is 100 cm³/mol. The van der Waals surface area contributed by atoms with Gasteiger partial charge in [-0.05, 0) is 30.2 Å². The second-order valence-corrected chi connectivity index (χ2v) is 7.07. The first-order valence-electron chi connectivity index (χ1n) is 8.12. The lowest BCUT2D eigenvalue weighted by atomic mass is 9.86. The van der Waals surface area contributed by atoms with E-state index in [1.54, 1.807) is 18.2 Å². The number of hydrogen-bond donors (Lipinski definition) is 1. The van der Waals surface area contributed by atoms with Crippen LogP contribution in [0.3, 0.4) is 0 Å². The van der Waals surface area contributed by atoms with Crippen molar-refractivity contribution in [3.05, 3.63) is 64.1 Å². The molecule has 1 N–H and O–H groups in total. The summed E-state index contributed by atoms with van der Waals surface area (Å²) in [6.45, 7) is 1.99. The van der Waals surface area contributed by atoms with Crippen LogP contribution in [0.1, 0.15) is 25.3 Å². The van der Waals surface area contributed by atoms with Gasteiger partial charge in [0.1, 0.15) is 5.54 Å². The Labute approximate surface area is 156 Å². The van der Waals surface area contributed by atoms with Crippen molar-refractivity contribution in [3.63, 3.8) is 0 Å². The lowest BCUT2D eigenvalue weighted by molar-refractivity contribution is -0.122. The molecule has 1 aliphatic heterocycles. The summed E-state index contributed by atoms with van der Waals surface area (Å²) < 4.78 is 0. The molecule has 1 atom stereocenters. The second kappa shape index (κ2) is 7.06. The number of imide groups is 1. The Balaban J connectivity index is 1.98. The molecule has 0 radical (unpaired) electrons. The largest absolute Gasteiger partial charge is 0.329 e. The van der Waals surface area contributed by atoms with Gasteiger partial charge in [0.25, 0.3) is 5.91 Å². The molecule has 1 aliphatic rings.